The third kappa shape index (κ3) is 3.92. The first-order valence-electron chi connectivity index (χ1n) is 8.15. The van der Waals surface area contributed by atoms with Gasteiger partial charge in [-0.1, -0.05) is 12.1 Å². The third-order valence-corrected chi connectivity index (χ3v) is 4.15. The van der Waals surface area contributed by atoms with E-state index in [1.54, 1.807) is 6.20 Å². The second kappa shape index (κ2) is 6.86. The molecule has 0 radical (unpaired) electrons. The molecule has 1 atom stereocenters. The summed E-state index contributed by atoms with van der Waals surface area (Å²) in [6.07, 6.45) is 6.38. The Kier molecular flexibility index (Phi) is 4.65. The maximum Gasteiger partial charge on any atom is 0.225 e. The van der Waals surface area contributed by atoms with E-state index in [4.69, 9.17) is 4.74 Å². The van der Waals surface area contributed by atoms with Crippen molar-refractivity contribution in [2.75, 3.05) is 6.61 Å². The van der Waals surface area contributed by atoms with E-state index in [0.29, 0.717) is 18.9 Å². The van der Waals surface area contributed by atoms with Gasteiger partial charge in [-0.3, -0.25) is 4.79 Å². The van der Waals surface area contributed by atoms with Crippen LogP contribution in [0.4, 0.5) is 0 Å². The Morgan fingerprint density at radius 1 is 1.39 bits per heavy atom. The van der Waals surface area contributed by atoms with Gasteiger partial charge in [0.1, 0.15) is 11.6 Å². The van der Waals surface area contributed by atoms with Gasteiger partial charge in [0.25, 0.3) is 0 Å². The van der Waals surface area contributed by atoms with Crippen LogP contribution in [0.15, 0.2) is 36.7 Å². The van der Waals surface area contributed by atoms with Gasteiger partial charge in [-0.25, -0.2) is 4.98 Å². The number of imidazole rings is 1. The molecule has 1 fully saturated rings. The molecule has 1 saturated carbocycles. The topological polar surface area (TPSA) is 56.1 Å². The SMILES string of the molecule is CCOc1ccc(CC(=O)N[C@H](c2nccn2C)C2CC2)cc1. The van der Waals surface area contributed by atoms with Crippen LogP contribution in [0, 0.1) is 5.92 Å². The number of aryl methyl sites for hydroxylation is 1. The number of hydrogen-bond acceptors (Lipinski definition) is 3. The van der Waals surface area contributed by atoms with Gasteiger partial charge in [0.05, 0.1) is 19.1 Å². The number of hydrogen-bond donors (Lipinski definition) is 1. The van der Waals surface area contributed by atoms with Crippen molar-refractivity contribution in [3.05, 3.63) is 48.0 Å². The molecule has 1 aromatic carbocycles. The maximum atomic E-state index is 12.4. The minimum atomic E-state index is 0.0187. The van der Waals surface area contributed by atoms with Gasteiger partial charge in [-0.2, -0.15) is 0 Å². The van der Waals surface area contributed by atoms with Crippen molar-refractivity contribution in [2.45, 2.75) is 32.2 Å². The van der Waals surface area contributed by atoms with Crippen molar-refractivity contribution in [3.8, 4) is 5.75 Å². The number of carbonyl (C=O) groups is 1. The summed E-state index contributed by atoms with van der Waals surface area (Å²) in [6, 6.07) is 7.71. The molecule has 1 amide bonds. The van der Waals surface area contributed by atoms with E-state index < -0.39 is 0 Å². The second-order valence-electron chi connectivity index (χ2n) is 6.03. The second-order valence-corrected chi connectivity index (χ2v) is 6.03. The highest BCUT2D eigenvalue weighted by atomic mass is 16.5. The summed E-state index contributed by atoms with van der Waals surface area (Å²) in [6.45, 7) is 2.60. The predicted octanol–water partition coefficient (Wildman–Crippen LogP) is 2.63. The lowest BCUT2D eigenvalue weighted by Gasteiger charge is -2.18. The van der Waals surface area contributed by atoms with Crippen LogP contribution >= 0.6 is 0 Å². The number of amides is 1. The molecule has 0 aliphatic heterocycles. The van der Waals surface area contributed by atoms with Gasteiger partial charge in [0, 0.05) is 19.4 Å². The molecule has 23 heavy (non-hydrogen) atoms. The molecule has 1 aromatic heterocycles. The average Bonchev–Trinajstić information content (AvgIpc) is 3.29. The van der Waals surface area contributed by atoms with E-state index in [9.17, 15) is 4.79 Å². The number of rotatable bonds is 7. The maximum absolute atomic E-state index is 12.4. The Balaban J connectivity index is 1.62. The molecule has 2 aromatic rings. The van der Waals surface area contributed by atoms with Gasteiger partial charge in [0.15, 0.2) is 0 Å². The Morgan fingerprint density at radius 2 is 2.13 bits per heavy atom. The minimum absolute atomic E-state index is 0.0187. The molecule has 0 spiro atoms. The monoisotopic (exact) mass is 313 g/mol. The fourth-order valence-corrected chi connectivity index (χ4v) is 2.78. The van der Waals surface area contributed by atoms with Crippen LogP contribution in [0.5, 0.6) is 5.75 Å². The van der Waals surface area contributed by atoms with Crippen molar-refractivity contribution in [1.82, 2.24) is 14.9 Å². The number of nitrogens with one attached hydrogen (secondary N) is 1. The third-order valence-electron chi connectivity index (χ3n) is 4.15. The fourth-order valence-electron chi connectivity index (χ4n) is 2.78. The lowest BCUT2D eigenvalue weighted by atomic mass is 10.1. The molecule has 1 aliphatic carbocycles. The minimum Gasteiger partial charge on any atom is -0.494 e. The van der Waals surface area contributed by atoms with E-state index in [1.165, 1.54) is 0 Å². The summed E-state index contributed by atoms with van der Waals surface area (Å²) in [4.78, 5) is 16.8. The number of ether oxygens (including phenoxy) is 1. The number of nitrogens with zero attached hydrogens (tertiary/aromatic N) is 2. The zero-order valence-corrected chi connectivity index (χ0v) is 13.7. The number of benzene rings is 1. The van der Waals surface area contributed by atoms with Crippen molar-refractivity contribution >= 4 is 5.91 Å². The Bertz CT molecular complexity index is 659. The Hall–Kier alpha value is -2.30. The van der Waals surface area contributed by atoms with E-state index >= 15 is 0 Å². The van der Waals surface area contributed by atoms with Crippen LogP contribution in [0.1, 0.15) is 37.2 Å². The van der Waals surface area contributed by atoms with Crippen molar-refractivity contribution in [3.63, 3.8) is 0 Å². The molecule has 1 N–H and O–H groups in total. The summed E-state index contributed by atoms with van der Waals surface area (Å²) in [5, 5.41) is 3.16. The quantitative estimate of drug-likeness (QED) is 0.855. The smallest absolute Gasteiger partial charge is 0.225 e. The van der Waals surface area contributed by atoms with Gasteiger partial charge in [0.2, 0.25) is 5.91 Å². The van der Waals surface area contributed by atoms with E-state index in [2.05, 4.69) is 10.3 Å². The largest absolute Gasteiger partial charge is 0.494 e. The average molecular weight is 313 g/mol. The molecule has 3 rings (SSSR count). The van der Waals surface area contributed by atoms with Gasteiger partial charge >= 0.3 is 0 Å². The van der Waals surface area contributed by atoms with Crippen LogP contribution in [-0.4, -0.2) is 22.1 Å². The van der Waals surface area contributed by atoms with Crippen molar-refractivity contribution in [2.24, 2.45) is 13.0 Å². The van der Waals surface area contributed by atoms with Crippen molar-refractivity contribution < 1.29 is 9.53 Å². The molecule has 1 heterocycles. The summed E-state index contributed by atoms with van der Waals surface area (Å²) < 4.78 is 7.41. The van der Waals surface area contributed by atoms with Gasteiger partial charge in [-0.15, -0.1) is 0 Å². The van der Waals surface area contributed by atoms with Crippen LogP contribution in [0.3, 0.4) is 0 Å². The Labute approximate surface area is 136 Å². The molecule has 1 aliphatic rings. The molecule has 122 valence electrons. The van der Waals surface area contributed by atoms with E-state index in [-0.39, 0.29) is 11.9 Å². The lowest BCUT2D eigenvalue weighted by Crippen LogP contribution is -2.32. The molecule has 5 nitrogen and oxygen atoms in total. The highest BCUT2D eigenvalue weighted by Gasteiger charge is 2.35. The van der Waals surface area contributed by atoms with E-state index in [1.807, 2.05) is 49.0 Å². The van der Waals surface area contributed by atoms with Gasteiger partial charge in [-0.05, 0) is 43.4 Å². The van der Waals surface area contributed by atoms with E-state index in [0.717, 1.165) is 30.0 Å². The zero-order valence-electron chi connectivity index (χ0n) is 13.7. The highest BCUT2D eigenvalue weighted by Crippen LogP contribution is 2.40. The summed E-state index contributed by atoms with van der Waals surface area (Å²) in [5.41, 5.74) is 0.986. The van der Waals surface area contributed by atoms with Gasteiger partial charge < -0.3 is 14.6 Å². The number of carbonyl (C=O) groups excluding carboxylic acids is 1. The van der Waals surface area contributed by atoms with Crippen LogP contribution in [0.2, 0.25) is 0 Å². The van der Waals surface area contributed by atoms with Crippen LogP contribution in [0.25, 0.3) is 0 Å². The fraction of sp³-hybridized carbons (Fsp3) is 0.444. The number of aromatic nitrogens is 2. The van der Waals surface area contributed by atoms with Crippen molar-refractivity contribution in [1.29, 1.82) is 0 Å². The molecular formula is C18H23N3O2. The molecule has 5 heteroatoms. The Morgan fingerprint density at radius 3 is 2.70 bits per heavy atom. The molecular weight excluding hydrogens is 290 g/mol. The summed E-state index contributed by atoms with van der Waals surface area (Å²) in [5.74, 6) is 2.32. The summed E-state index contributed by atoms with van der Waals surface area (Å²) >= 11 is 0. The first kappa shape index (κ1) is 15.6. The highest BCUT2D eigenvalue weighted by molar-refractivity contribution is 5.79. The lowest BCUT2D eigenvalue weighted by molar-refractivity contribution is -0.121. The molecule has 0 bridgehead atoms. The van der Waals surface area contributed by atoms with Crippen LogP contribution < -0.4 is 10.1 Å². The molecule has 0 saturated heterocycles. The normalized spacial score (nSPS) is 15.2. The first-order valence-corrected chi connectivity index (χ1v) is 8.15. The van der Waals surface area contributed by atoms with Crippen LogP contribution in [-0.2, 0) is 18.3 Å². The standard InChI is InChI=1S/C18H23N3O2/c1-3-23-15-8-4-13(5-9-15)12-16(22)20-17(14-6-7-14)18-19-10-11-21(18)2/h4-5,8-11,14,17H,3,6-7,12H2,1-2H3,(H,20,22)/t17-/m0/s1. The first-order chi connectivity index (χ1) is 11.2. The zero-order chi connectivity index (χ0) is 16.2. The predicted molar refractivity (Wildman–Crippen MR) is 88.1 cm³/mol. The molecule has 0 unspecified atom stereocenters. The summed E-state index contributed by atoms with van der Waals surface area (Å²) in [7, 11) is 1.97.